The van der Waals surface area contributed by atoms with E-state index in [1.54, 1.807) is 18.3 Å². The third-order valence-corrected chi connectivity index (χ3v) is 3.67. The summed E-state index contributed by atoms with van der Waals surface area (Å²) >= 11 is 6.28. The van der Waals surface area contributed by atoms with E-state index in [2.05, 4.69) is 17.3 Å². The maximum absolute atomic E-state index is 13.6. The number of hydrogen-bond acceptors (Lipinski definition) is 2. The lowest BCUT2D eigenvalue weighted by atomic mass is 9.98. The summed E-state index contributed by atoms with van der Waals surface area (Å²) in [6, 6.07) is 4.63. The Kier molecular flexibility index (Phi) is 4.78. The molecule has 1 heterocycles. The average molecular weight is 296 g/mol. The molecule has 0 fully saturated rings. The Morgan fingerprint density at radius 2 is 2.20 bits per heavy atom. The van der Waals surface area contributed by atoms with Crippen LogP contribution in [0.3, 0.4) is 0 Å². The van der Waals surface area contributed by atoms with Gasteiger partial charge in [-0.1, -0.05) is 24.6 Å². The van der Waals surface area contributed by atoms with Gasteiger partial charge in [-0.3, -0.25) is 4.68 Å². The molecule has 5 heteroatoms. The summed E-state index contributed by atoms with van der Waals surface area (Å²) in [7, 11) is 1.84. The molecule has 0 saturated carbocycles. The number of aryl methyl sites for hydroxylation is 2. The maximum Gasteiger partial charge on any atom is 0.123 e. The van der Waals surface area contributed by atoms with Crippen LogP contribution < -0.4 is 5.32 Å². The van der Waals surface area contributed by atoms with E-state index in [0.29, 0.717) is 5.02 Å². The first kappa shape index (κ1) is 15.0. The second-order valence-corrected chi connectivity index (χ2v) is 5.23. The highest BCUT2D eigenvalue weighted by Crippen LogP contribution is 2.30. The molecule has 20 heavy (non-hydrogen) atoms. The molecule has 1 atom stereocenters. The minimum Gasteiger partial charge on any atom is -0.308 e. The van der Waals surface area contributed by atoms with Crippen molar-refractivity contribution >= 4 is 11.6 Å². The van der Waals surface area contributed by atoms with Gasteiger partial charge in [0.2, 0.25) is 0 Å². The van der Waals surface area contributed by atoms with Gasteiger partial charge in [-0.05, 0) is 43.7 Å². The van der Waals surface area contributed by atoms with Crippen LogP contribution in [0.4, 0.5) is 4.39 Å². The molecule has 1 aromatic heterocycles. The summed E-state index contributed by atoms with van der Waals surface area (Å²) in [5.41, 5.74) is 2.78. The second kappa shape index (κ2) is 6.37. The van der Waals surface area contributed by atoms with Crippen LogP contribution in [-0.2, 0) is 6.54 Å². The Labute approximate surface area is 123 Å². The van der Waals surface area contributed by atoms with E-state index in [0.717, 1.165) is 29.8 Å². The Hall–Kier alpha value is -1.39. The lowest BCUT2D eigenvalue weighted by Gasteiger charge is -2.21. The molecule has 0 bridgehead atoms. The Morgan fingerprint density at radius 3 is 2.85 bits per heavy atom. The zero-order chi connectivity index (χ0) is 14.7. The van der Waals surface area contributed by atoms with Crippen molar-refractivity contribution in [2.24, 2.45) is 0 Å². The quantitative estimate of drug-likeness (QED) is 0.911. The van der Waals surface area contributed by atoms with Crippen molar-refractivity contribution in [3.8, 4) is 0 Å². The molecular weight excluding hydrogens is 277 g/mol. The molecule has 0 spiro atoms. The monoisotopic (exact) mass is 295 g/mol. The van der Waals surface area contributed by atoms with Gasteiger partial charge in [-0.15, -0.1) is 0 Å². The van der Waals surface area contributed by atoms with Crippen LogP contribution >= 0.6 is 11.6 Å². The number of nitrogens with one attached hydrogen (secondary N) is 1. The number of aromatic nitrogens is 2. The molecule has 0 aliphatic carbocycles. The van der Waals surface area contributed by atoms with Crippen molar-refractivity contribution in [2.45, 2.75) is 32.9 Å². The van der Waals surface area contributed by atoms with Gasteiger partial charge in [0.05, 0.1) is 23.0 Å². The van der Waals surface area contributed by atoms with E-state index in [9.17, 15) is 4.39 Å². The molecule has 3 nitrogen and oxygen atoms in total. The smallest absolute Gasteiger partial charge is 0.123 e. The highest BCUT2D eigenvalue weighted by atomic mass is 35.5. The molecular formula is C15H19ClFN3. The molecule has 0 aliphatic rings. The second-order valence-electron chi connectivity index (χ2n) is 4.82. The fourth-order valence-corrected chi connectivity index (χ4v) is 2.66. The highest BCUT2D eigenvalue weighted by molar-refractivity contribution is 6.31. The molecule has 1 unspecified atom stereocenters. The minimum absolute atomic E-state index is 0.174. The van der Waals surface area contributed by atoms with E-state index in [1.165, 1.54) is 6.07 Å². The normalized spacial score (nSPS) is 12.7. The van der Waals surface area contributed by atoms with Gasteiger partial charge in [0.1, 0.15) is 5.82 Å². The number of halogens is 2. The molecule has 1 aromatic carbocycles. The number of nitrogens with zero attached hydrogens (tertiary/aromatic N) is 2. The van der Waals surface area contributed by atoms with Gasteiger partial charge in [0, 0.05) is 6.54 Å². The molecule has 0 saturated heterocycles. The van der Waals surface area contributed by atoms with Crippen molar-refractivity contribution in [1.29, 1.82) is 0 Å². The summed E-state index contributed by atoms with van der Waals surface area (Å²) in [6.07, 6.45) is 2.61. The average Bonchev–Trinajstić information content (AvgIpc) is 2.77. The first-order chi connectivity index (χ1) is 9.58. The van der Waals surface area contributed by atoms with Crippen LogP contribution in [0, 0.1) is 12.7 Å². The lowest BCUT2D eigenvalue weighted by molar-refractivity contribution is 0.531. The van der Waals surface area contributed by atoms with Gasteiger partial charge in [-0.25, -0.2) is 4.39 Å². The standard InChI is InChI=1S/C15H19ClFN3/c1-4-7-20-15(13(16)9-19-20)14(18-3)12-8-11(17)6-5-10(12)2/h5-6,8-9,14,18H,4,7H2,1-3H3. The van der Waals surface area contributed by atoms with Gasteiger partial charge >= 0.3 is 0 Å². The third-order valence-electron chi connectivity index (χ3n) is 3.38. The fraction of sp³-hybridized carbons (Fsp3) is 0.400. The molecule has 2 aromatic rings. The van der Waals surface area contributed by atoms with Gasteiger partial charge in [-0.2, -0.15) is 5.10 Å². The zero-order valence-electron chi connectivity index (χ0n) is 12.0. The highest BCUT2D eigenvalue weighted by Gasteiger charge is 2.22. The topological polar surface area (TPSA) is 29.9 Å². The molecule has 0 radical (unpaired) electrons. The lowest BCUT2D eigenvalue weighted by Crippen LogP contribution is -2.23. The summed E-state index contributed by atoms with van der Waals surface area (Å²) < 4.78 is 15.4. The first-order valence-electron chi connectivity index (χ1n) is 6.73. The Bertz CT molecular complexity index is 595. The van der Waals surface area contributed by atoms with E-state index < -0.39 is 0 Å². The number of rotatable bonds is 5. The summed E-state index contributed by atoms with van der Waals surface area (Å²) in [5.74, 6) is -0.247. The van der Waals surface area contributed by atoms with Crippen LogP contribution in [0.5, 0.6) is 0 Å². The van der Waals surface area contributed by atoms with Crippen molar-refractivity contribution < 1.29 is 4.39 Å². The van der Waals surface area contributed by atoms with E-state index >= 15 is 0 Å². The van der Waals surface area contributed by atoms with Crippen LogP contribution in [0.25, 0.3) is 0 Å². The van der Waals surface area contributed by atoms with E-state index in [1.807, 2.05) is 18.7 Å². The molecule has 1 N–H and O–H groups in total. The fourth-order valence-electron chi connectivity index (χ4n) is 2.41. The van der Waals surface area contributed by atoms with Crippen molar-refractivity contribution in [3.63, 3.8) is 0 Å². The molecule has 108 valence electrons. The van der Waals surface area contributed by atoms with Gasteiger partial charge in [0.15, 0.2) is 0 Å². The SMILES string of the molecule is CCCn1ncc(Cl)c1C(NC)c1cc(F)ccc1C. The third kappa shape index (κ3) is 2.86. The predicted octanol–water partition coefficient (Wildman–Crippen LogP) is 3.70. The maximum atomic E-state index is 13.6. The summed E-state index contributed by atoms with van der Waals surface area (Å²) in [6.45, 7) is 4.84. The molecule has 0 aliphatic heterocycles. The van der Waals surface area contributed by atoms with Crippen LogP contribution in [0.2, 0.25) is 5.02 Å². The van der Waals surface area contributed by atoms with E-state index in [-0.39, 0.29) is 11.9 Å². The number of benzene rings is 1. The predicted molar refractivity (Wildman–Crippen MR) is 79.6 cm³/mol. The Balaban J connectivity index is 2.52. The van der Waals surface area contributed by atoms with Crippen molar-refractivity contribution in [1.82, 2.24) is 15.1 Å². The molecule has 2 rings (SSSR count). The zero-order valence-corrected chi connectivity index (χ0v) is 12.7. The van der Waals surface area contributed by atoms with Crippen LogP contribution in [0.1, 0.15) is 36.2 Å². The summed E-state index contributed by atoms with van der Waals surface area (Å²) in [4.78, 5) is 0. The number of hydrogen-bond donors (Lipinski definition) is 1. The summed E-state index contributed by atoms with van der Waals surface area (Å²) in [5, 5.41) is 8.12. The Morgan fingerprint density at radius 1 is 1.45 bits per heavy atom. The van der Waals surface area contributed by atoms with Gasteiger partial charge < -0.3 is 5.32 Å². The first-order valence-corrected chi connectivity index (χ1v) is 7.10. The molecule has 0 amide bonds. The van der Waals surface area contributed by atoms with E-state index in [4.69, 9.17) is 11.6 Å². The van der Waals surface area contributed by atoms with Gasteiger partial charge in [0.25, 0.3) is 0 Å². The van der Waals surface area contributed by atoms with Crippen LogP contribution in [-0.4, -0.2) is 16.8 Å². The van der Waals surface area contributed by atoms with Crippen molar-refractivity contribution in [3.05, 3.63) is 52.1 Å². The largest absolute Gasteiger partial charge is 0.308 e. The van der Waals surface area contributed by atoms with Crippen molar-refractivity contribution in [2.75, 3.05) is 7.05 Å². The minimum atomic E-state index is -0.247. The van der Waals surface area contributed by atoms with Crippen LogP contribution in [0.15, 0.2) is 24.4 Å².